The molecular weight excluding hydrogens is 281 g/mol. The Kier molecular flexibility index (Phi) is 3.28. The molecule has 0 aliphatic heterocycles. The van der Waals surface area contributed by atoms with E-state index in [0.29, 0.717) is 15.6 Å². The molecular formula is C15H13Cl2NO. The predicted octanol–water partition coefficient (Wildman–Crippen LogP) is 4.22. The molecule has 4 heteroatoms. The highest BCUT2D eigenvalue weighted by atomic mass is 35.5. The molecule has 0 heterocycles. The second kappa shape index (κ2) is 4.81. The molecule has 2 aliphatic rings. The monoisotopic (exact) mass is 293 g/mol. The lowest BCUT2D eigenvalue weighted by Gasteiger charge is -2.15. The molecule has 2 nitrogen and oxygen atoms in total. The van der Waals surface area contributed by atoms with Crippen LogP contribution in [0.15, 0.2) is 18.2 Å². The summed E-state index contributed by atoms with van der Waals surface area (Å²) in [5.41, 5.74) is 0.655. The Morgan fingerprint density at radius 2 is 1.89 bits per heavy atom. The zero-order valence-electron chi connectivity index (χ0n) is 10.3. The van der Waals surface area contributed by atoms with Gasteiger partial charge in [-0.2, -0.15) is 5.26 Å². The molecule has 3 unspecified atom stereocenters. The Morgan fingerprint density at radius 3 is 2.47 bits per heavy atom. The molecule has 2 aliphatic carbocycles. The topological polar surface area (TPSA) is 40.9 Å². The largest absolute Gasteiger partial charge is 0.298 e. The summed E-state index contributed by atoms with van der Waals surface area (Å²) in [5.74, 6) is 0.873. The van der Waals surface area contributed by atoms with Gasteiger partial charge in [-0.3, -0.25) is 4.79 Å². The summed E-state index contributed by atoms with van der Waals surface area (Å²) < 4.78 is 0. The van der Waals surface area contributed by atoms with E-state index in [0.717, 1.165) is 24.7 Å². The van der Waals surface area contributed by atoms with Crippen molar-refractivity contribution in [2.24, 2.45) is 17.8 Å². The summed E-state index contributed by atoms with van der Waals surface area (Å²) in [4.78, 5) is 12.4. The Morgan fingerprint density at radius 1 is 1.21 bits per heavy atom. The van der Waals surface area contributed by atoms with Gasteiger partial charge in [0.05, 0.1) is 16.1 Å². The van der Waals surface area contributed by atoms with E-state index in [1.807, 2.05) is 0 Å². The van der Waals surface area contributed by atoms with Crippen molar-refractivity contribution in [3.8, 4) is 6.07 Å². The number of ketones is 1. The maximum Gasteiger partial charge on any atom is 0.157 e. The van der Waals surface area contributed by atoms with Crippen molar-refractivity contribution in [3.63, 3.8) is 0 Å². The third-order valence-electron chi connectivity index (χ3n) is 4.34. The van der Waals surface area contributed by atoms with E-state index in [1.54, 1.807) is 18.2 Å². The maximum absolute atomic E-state index is 12.4. The Bertz CT molecular complexity index is 568. The summed E-state index contributed by atoms with van der Waals surface area (Å²) in [7, 11) is 0. The first-order valence-electron chi connectivity index (χ1n) is 6.48. The zero-order valence-corrected chi connectivity index (χ0v) is 11.8. The fourth-order valence-corrected chi connectivity index (χ4v) is 3.48. The van der Waals surface area contributed by atoms with Crippen LogP contribution in [0.4, 0.5) is 0 Å². The molecule has 1 aromatic rings. The highest BCUT2D eigenvalue weighted by Gasteiger charge is 2.49. The van der Waals surface area contributed by atoms with Crippen LogP contribution < -0.4 is 0 Å². The van der Waals surface area contributed by atoms with Gasteiger partial charge in [0.25, 0.3) is 0 Å². The van der Waals surface area contributed by atoms with Crippen LogP contribution in [0.1, 0.15) is 30.7 Å². The molecule has 0 bridgehead atoms. The van der Waals surface area contributed by atoms with Crippen molar-refractivity contribution < 1.29 is 4.79 Å². The van der Waals surface area contributed by atoms with Crippen molar-refractivity contribution in [2.45, 2.75) is 25.2 Å². The van der Waals surface area contributed by atoms with Gasteiger partial charge in [0.1, 0.15) is 5.92 Å². The lowest BCUT2D eigenvalue weighted by atomic mass is 9.86. The van der Waals surface area contributed by atoms with Gasteiger partial charge in [-0.1, -0.05) is 29.3 Å². The predicted molar refractivity (Wildman–Crippen MR) is 74.1 cm³/mol. The third-order valence-corrected chi connectivity index (χ3v) is 5.08. The van der Waals surface area contributed by atoms with Crippen LogP contribution in [0, 0.1) is 29.1 Å². The highest BCUT2D eigenvalue weighted by Crippen LogP contribution is 2.55. The lowest BCUT2D eigenvalue weighted by molar-refractivity contribution is -0.123. The van der Waals surface area contributed by atoms with Crippen LogP contribution in [0.5, 0.6) is 0 Å². The van der Waals surface area contributed by atoms with Crippen LogP contribution >= 0.6 is 23.2 Å². The average molecular weight is 294 g/mol. The summed E-state index contributed by atoms with van der Waals surface area (Å²) in [6.07, 6.45) is 3.19. The molecule has 98 valence electrons. The van der Waals surface area contributed by atoms with Gasteiger partial charge in [-0.25, -0.2) is 0 Å². The van der Waals surface area contributed by atoms with Gasteiger partial charge >= 0.3 is 0 Å². The third kappa shape index (κ3) is 2.38. The van der Waals surface area contributed by atoms with Gasteiger partial charge in [-0.15, -0.1) is 0 Å². The normalized spacial score (nSPS) is 29.4. The van der Waals surface area contributed by atoms with E-state index in [9.17, 15) is 10.1 Å². The summed E-state index contributed by atoms with van der Waals surface area (Å²) in [6.45, 7) is 0. The van der Waals surface area contributed by atoms with Crippen LogP contribution in [-0.2, 0) is 4.79 Å². The first-order valence-corrected chi connectivity index (χ1v) is 7.24. The second-order valence-corrected chi connectivity index (χ2v) is 6.38. The molecule has 2 saturated carbocycles. The number of hydrogen-bond donors (Lipinski definition) is 0. The molecule has 0 N–H and O–H groups in total. The van der Waals surface area contributed by atoms with Crippen LogP contribution in [0.3, 0.4) is 0 Å². The molecule has 0 amide bonds. The standard InChI is InChI=1S/C15H13Cl2NO/c16-13-2-1-8(6-14(13)17)12(7-18)15(19)11-4-9-3-10(9)5-11/h1-2,6,9-12H,3-5H2. The fourth-order valence-electron chi connectivity index (χ4n) is 3.18. The van der Waals surface area contributed by atoms with E-state index in [1.165, 1.54) is 6.42 Å². The molecule has 0 saturated heterocycles. The molecule has 0 spiro atoms. The maximum atomic E-state index is 12.4. The fraction of sp³-hybridized carbons (Fsp3) is 0.467. The number of fused-ring (bicyclic) bond motifs is 1. The number of carbonyl (C=O) groups is 1. The number of carbonyl (C=O) groups excluding carboxylic acids is 1. The van der Waals surface area contributed by atoms with Gasteiger partial charge in [0, 0.05) is 5.92 Å². The number of halogens is 2. The highest BCUT2D eigenvalue weighted by molar-refractivity contribution is 6.42. The van der Waals surface area contributed by atoms with E-state index in [2.05, 4.69) is 6.07 Å². The van der Waals surface area contributed by atoms with Crippen LogP contribution in [0.25, 0.3) is 0 Å². The molecule has 0 radical (unpaired) electrons. The zero-order chi connectivity index (χ0) is 13.6. The van der Waals surface area contributed by atoms with E-state index >= 15 is 0 Å². The number of nitriles is 1. The summed E-state index contributed by atoms with van der Waals surface area (Å²) >= 11 is 11.8. The minimum Gasteiger partial charge on any atom is -0.298 e. The van der Waals surface area contributed by atoms with Crippen LogP contribution in [0.2, 0.25) is 10.0 Å². The van der Waals surface area contributed by atoms with Crippen LogP contribution in [-0.4, -0.2) is 5.78 Å². The SMILES string of the molecule is N#CC(C(=O)C1CC2CC2C1)c1ccc(Cl)c(Cl)c1. The number of hydrogen-bond acceptors (Lipinski definition) is 2. The van der Waals surface area contributed by atoms with Gasteiger partial charge in [0.15, 0.2) is 5.78 Å². The minimum atomic E-state index is -0.711. The Labute approximate surface area is 122 Å². The van der Waals surface area contributed by atoms with Gasteiger partial charge in [-0.05, 0) is 48.8 Å². The van der Waals surface area contributed by atoms with E-state index < -0.39 is 5.92 Å². The molecule has 0 aromatic heterocycles. The lowest BCUT2D eigenvalue weighted by Crippen LogP contribution is -2.20. The van der Waals surface area contributed by atoms with Crippen molar-refractivity contribution in [2.75, 3.05) is 0 Å². The first-order chi connectivity index (χ1) is 9.10. The Hall–Kier alpha value is -1.04. The summed E-state index contributed by atoms with van der Waals surface area (Å²) in [6, 6.07) is 7.11. The quantitative estimate of drug-likeness (QED) is 0.837. The number of benzene rings is 1. The molecule has 3 atom stereocenters. The van der Waals surface area contributed by atoms with Crippen molar-refractivity contribution in [3.05, 3.63) is 33.8 Å². The molecule has 1 aromatic carbocycles. The first kappa shape index (κ1) is 13.0. The minimum absolute atomic E-state index is 0.0492. The van der Waals surface area contributed by atoms with E-state index in [4.69, 9.17) is 23.2 Å². The van der Waals surface area contributed by atoms with Crippen molar-refractivity contribution >= 4 is 29.0 Å². The number of rotatable bonds is 3. The number of Topliss-reactive ketones (excluding diaryl/α,β-unsaturated/α-hetero) is 1. The molecule has 2 fully saturated rings. The molecule has 19 heavy (non-hydrogen) atoms. The summed E-state index contributed by atoms with van der Waals surface area (Å²) in [5, 5.41) is 10.1. The second-order valence-electron chi connectivity index (χ2n) is 5.56. The molecule has 3 rings (SSSR count). The van der Waals surface area contributed by atoms with E-state index in [-0.39, 0.29) is 11.7 Å². The van der Waals surface area contributed by atoms with Gasteiger partial charge < -0.3 is 0 Å². The number of nitrogens with zero attached hydrogens (tertiary/aromatic N) is 1. The Balaban J connectivity index is 1.81. The van der Waals surface area contributed by atoms with Crippen molar-refractivity contribution in [1.29, 1.82) is 5.26 Å². The smallest absolute Gasteiger partial charge is 0.157 e. The van der Waals surface area contributed by atoms with Gasteiger partial charge in [0.2, 0.25) is 0 Å². The average Bonchev–Trinajstić information content (AvgIpc) is 3.01. The van der Waals surface area contributed by atoms with Crippen molar-refractivity contribution in [1.82, 2.24) is 0 Å².